The number of halogens is 1. The van der Waals surface area contributed by atoms with E-state index in [0.717, 1.165) is 44.1 Å². The van der Waals surface area contributed by atoms with Crippen LogP contribution in [0.4, 0.5) is 0 Å². The Morgan fingerprint density at radius 1 is 1.25 bits per heavy atom. The van der Waals surface area contributed by atoms with Crippen LogP contribution in [0.25, 0.3) is 0 Å². The van der Waals surface area contributed by atoms with Gasteiger partial charge < -0.3 is 15.4 Å². The smallest absolute Gasteiger partial charge is 0.191 e. The number of hydrogen-bond donors (Lipinski definition) is 2. The first kappa shape index (κ1) is 26.6. The van der Waals surface area contributed by atoms with Crippen LogP contribution in [0.1, 0.15) is 42.3 Å². The minimum atomic E-state index is 0. The molecule has 0 radical (unpaired) electrons. The number of rotatable bonds is 8. The van der Waals surface area contributed by atoms with Gasteiger partial charge in [0.1, 0.15) is 0 Å². The van der Waals surface area contributed by atoms with E-state index in [1.54, 1.807) is 7.11 Å². The molecule has 1 fully saturated rings. The molecule has 2 atom stereocenters. The molecule has 0 amide bonds. The summed E-state index contributed by atoms with van der Waals surface area (Å²) in [6.07, 6.45) is 2.23. The van der Waals surface area contributed by atoms with E-state index < -0.39 is 0 Å². The number of likely N-dealkylation sites (tertiary alicyclic amines) is 1. The molecule has 3 rings (SSSR count). The highest BCUT2D eigenvalue weighted by Gasteiger charge is 2.26. The lowest BCUT2D eigenvalue weighted by atomic mass is 9.97. The van der Waals surface area contributed by atoms with Crippen molar-refractivity contribution in [2.24, 2.45) is 4.99 Å². The topological polar surface area (TPSA) is 66.7 Å². The summed E-state index contributed by atoms with van der Waals surface area (Å²) in [7, 11) is 3.56. The third-order valence-electron chi connectivity index (χ3n) is 6.28. The lowest BCUT2D eigenvalue weighted by molar-refractivity contribution is 0.134. The summed E-state index contributed by atoms with van der Waals surface area (Å²) in [6, 6.07) is 11.7. The predicted molar refractivity (Wildman–Crippen MR) is 142 cm³/mol. The highest BCUT2D eigenvalue weighted by molar-refractivity contribution is 14.0. The highest BCUT2D eigenvalue weighted by Crippen LogP contribution is 2.20. The lowest BCUT2D eigenvalue weighted by Gasteiger charge is -2.38. The summed E-state index contributed by atoms with van der Waals surface area (Å²) >= 11 is 0. The van der Waals surface area contributed by atoms with Gasteiger partial charge >= 0.3 is 0 Å². The van der Waals surface area contributed by atoms with E-state index in [0.29, 0.717) is 25.2 Å². The Bertz CT molecular complexity index is 854. The van der Waals surface area contributed by atoms with Gasteiger partial charge in [0.15, 0.2) is 5.96 Å². The number of aryl methyl sites for hydroxylation is 1. The molecule has 2 N–H and O–H groups in total. The zero-order valence-corrected chi connectivity index (χ0v) is 22.4. The van der Waals surface area contributed by atoms with Crippen LogP contribution in [0.5, 0.6) is 0 Å². The van der Waals surface area contributed by atoms with Crippen molar-refractivity contribution in [3.8, 4) is 0 Å². The van der Waals surface area contributed by atoms with Gasteiger partial charge in [0, 0.05) is 57.1 Å². The number of nitrogens with zero attached hydrogens (tertiary/aromatic N) is 4. The van der Waals surface area contributed by atoms with E-state index in [1.165, 1.54) is 16.8 Å². The number of methoxy groups -OCH3 is 1. The van der Waals surface area contributed by atoms with E-state index in [4.69, 9.17) is 4.74 Å². The summed E-state index contributed by atoms with van der Waals surface area (Å²) in [4.78, 5) is 7.03. The predicted octanol–water partition coefficient (Wildman–Crippen LogP) is 3.48. The summed E-state index contributed by atoms with van der Waals surface area (Å²) in [5.74, 6) is 0.858. The molecule has 2 heterocycles. The van der Waals surface area contributed by atoms with Crippen LogP contribution in [0.3, 0.4) is 0 Å². The van der Waals surface area contributed by atoms with Gasteiger partial charge in [-0.25, -0.2) is 0 Å². The maximum Gasteiger partial charge on any atom is 0.191 e. The standard InChI is InChI=1S/C24H38N6O.HI/c1-18-15-22(11-12-29(18)17-21-9-7-6-8-10-21)27-24(25-4)26-16-23-19(2)28-30(20(23)3)13-14-31-5;/h6-10,18,22H,11-17H2,1-5H3,(H2,25,26,27);1H. The van der Waals surface area contributed by atoms with Crippen molar-refractivity contribution in [2.45, 2.75) is 65.3 Å². The molecule has 32 heavy (non-hydrogen) atoms. The van der Waals surface area contributed by atoms with Gasteiger partial charge in [-0.1, -0.05) is 30.3 Å². The maximum atomic E-state index is 5.19. The molecule has 0 spiro atoms. The molecule has 1 saturated heterocycles. The Kier molecular flexibility index (Phi) is 10.9. The molecular weight excluding hydrogens is 515 g/mol. The Hall–Kier alpha value is -1.65. The van der Waals surface area contributed by atoms with Crippen molar-refractivity contribution < 1.29 is 4.74 Å². The quantitative estimate of drug-likeness (QED) is 0.297. The van der Waals surface area contributed by atoms with Crippen molar-refractivity contribution in [2.75, 3.05) is 27.3 Å². The SMILES string of the molecule is CN=C(NCc1c(C)nn(CCOC)c1C)NC1CCN(Cc2ccccc2)C(C)C1.I. The minimum absolute atomic E-state index is 0. The monoisotopic (exact) mass is 554 g/mol. The summed E-state index contributed by atoms with van der Waals surface area (Å²) < 4.78 is 7.21. The molecule has 1 aromatic carbocycles. The van der Waals surface area contributed by atoms with Gasteiger partial charge in [-0.3, -0.25) is 14.6 Å². The molecule has 2 aromatic rings. The number of guanidine groups is 1. The number of benzene rings is 1. The fourth-order valence-electron chi connectivity index (χ4n) is 4.35. The second kappa shape index (κ2) is 13.2. The number of piperidine rings is 1. The first-order chi connectivity index (χ1) is 15.0. The van der Waals surface area contributed by atoms with Gasteiger partial charge in [0.2, 0.25) is 0 Å². The van der Waals surface area contributed by atoms with Gasteiger partial charge in [-0.2, -0.15) is 5.10 Å². The molecule has 8 heteroatoms. The maximum absolute atomic E-state index is 5.19. The van der Waals surface area contributed by atoms with Crippen LogP contribution in [0.15, 0.2) is 35.3 Å². The first-order valence-electron chi connectivity index (χ1n) is 11.3. The molecule has 7 nitrogen and oxygen atoms in total. The molecule has 0 bridgehead atoms. The molecule has 1 aliphatic rings. The first-order valence-corrected chi connectivity index (χ1v) is 11.3. The van der Waals surface area contributed by atoms with Crippen molar-refractivity contribution in [1.82, 2.24) is 25.3 Å². The molecule has 0 saturated carbocycles. The Morgan fingerprint density at radius 2 is 2.00 bits per heavy atom. The Morgan fingerprint density at radius 3 is 2.66 bits per heavy atom. The van der Waals surface area contributed by atoms with E-state index in [1.807, 2.05) is 11.7 Å². The van der Waals surface area contributed by atoms with Crippen molar-refractivity contribution in [3.05, 3.63) is 52.8 Å². The van der Waals surface area contributed by atoms with Gasteiger partial charge in [-0.05, 0) is 39.2 Å². The third kappa shape index (κ3) is 7.18. The second-order valence-electron chi connectivity index (χ2n) is 8.46. The second-order valence-corrected chi connectivity index (χ2v) is 8.46. The molecule has 178 valence electrons. The average molecular weight is 555 g/mol. The molecular formula is C24H39IN6O. The largest absolute Gasteiger partial charge is 0.383 e. The molecule has 0 aliphatic carbocycles. The van der Waals surface area contributed by atoms with Gasteiger partial charge in [0.05, 0.1) is 18.8 Å². The van der Waals surface area contributed by atoms with Crippen molar-refractivity contribution >= 4 is 29.9 Å². The van der Waals surface area contributed by atoms with Crippen molar-refractivity contribution in [1.29, 1.82) is 0 Å². The van der Waals surface area contributed by atoms with E-state index in [-0.39, 0.29) is 24.0 Å². The van der Waals surface area contributed by atoms with Crippen LogP contribution in [0, 0.1) is 13.8 Å². The Labute approximate surface area is 210 Å². The number of aliphatic imine (C=N–C) groups is 1. The zero-order chi connectivity index (χ0) is 22.2. The van der Waals surface area contributed by atoms with Gasteiger partial charge in [0.25, 0.3) is 0 Å². The zero-order valence-electron chi connectivity index (χ0n) is 20.1. The van der Waals surface area contributed by atoms with E-state index >= 15 is 0 Å². The summed E-state index contributed by atoms with van der Waals surface area (Å²) in [6.45, 7) is 10.8. The Balaban J connectivity index is 0.00000363. The van der Waals surface area contributed by atoms with E-state index in [9.17, 15) is 0 Å². The van der Waals surface area contributed by atoms with Crippen LogP contribution >= 0.6 is 24.0 Å². The molecule has 1 aliphatic heterocycles. The number of ether oxygens (including phenoxy) is 1. The van der Waals surface area contributed by atoms with Crippen LogP contribution in [-0.2, 0) is 24.4 Å². The molecule has 2 unspecified atom stereocenters. The van der Waals surface area contributed by atoms with Crippen LogP contribution in [0.2, 0.25) is 0 Å². The third-order valence-corrected chi connectivity index (χ3v) is 6.28. The average Bonchev–Trinajstić information content (AvgIpc) is 3.04. The van der Waals surface area contributed by atoms with Crippen LogP contribution < -0.4 is 10.6 Å². The minimum Gasteiger partial charge on any atom is -0.383 e. The number of hydrogen-bond acceptors (Lipinski definition) is 4. The fraction of sp³-hybridized carbons (Fsp3) is 0.583. The van der Waals surface area contributed by atoms with Gasteiger partial charge in [-0.15, -0.1) is 24.0 Å². The number of nitrogens with one attached hydrogen (secondary N) is 2. The highest BCUT2D eigenvalue weighted by atomic mass is 127. The summed E-state index contributed by atoms with van der Waals surface area (Å²) in [5, 5.41) is 11.8. The summed E-state index contributed by atoms with van der Waals surface area (Å²) in [5.41, 5.74) is 4.85. The number of aromatic nitrogens is 2. The normalized spacial score (nSPS) is 19.5. The van der Waals surface area contributed by atoms with E-state index in [2.05, 4.69) is 76.7 Å². The van der Waals surface area contributed by atoms with Crippen LogP contribution in [-0.4, -0.2) is 60.0 Å². The fourth-order valence-corrected chi connectivity index (χ4v) is 4.35. The van der Waals surface area contributed by atoms with Crippen molar-refractivity contribution in [3.63, 3.8) is 0 Å². The molecule has 1 aromatic heterocycles. The lowest BCUT2D eigenvalue weighted by Crippen LogP contribution is -2.51.